The molecule has 1 fully saturated rings. The lowest BCUT2D eigenvalue weighted by atomic mass is 9.80. The zero-order valence-corrected chi connectivity index (χ0v) is 13.0. The summed E-state index contributed by atoms with van der Waals surface area (Å²) in [5.41, 5.74) is 1.89. The first kappa shape index (κ1) is 14.2. The SMILES string of the molecule is COC1(Cn2c(CCCl)nc3c(Cl)cccc32)CCC1. The Hall–Kier alpha value is -0.770. The van der Waals surface area contributed by atoms with Crippen LogP contribution in [-0.4, -0.2) is 28.1 Å². The third-order valence-corrected chi connectivity index (χ3v) is 4.76. The number of alkyl halides is 1. The van der Waals surface area contributed by atoms with Gasteiger partial charge in [0.25, 0.3) is 0 Å². The van der Waals surface area contributed by atoms with E-state index >= 15 is 0 Å². The van der Waals surface area contributed by atoms with Crippen molar-refractivity contribution in [1.82, 2.24) is 9.55 Å². The van der Waals surface area contributed by atoms with Crippen LogP contribution in [0.15, 0.2) is 18.2 Å². The highest BCUT2D eigenvalue weighted by molar-refractivity contribution is 6.34. The third kappa shape index (κ3) is 2.32. The average molecular weight is 313 g/mol. The number of benzene rings is 1. The molecular weight excluding hydrogens is 295 g/mol. The molecule has 1 saturated carbocycles. The molecule has 0 bridgehead atoms. The number of hydrogen-bond donors (Lipinski definition) is 0. The van der Waals surface area contributed by atoms with Crippen molar-refractivity contribution in [3.05, 3.63) is 29.0 Å². The van der Waals surface area contributed by atoms with Crippen LogP contribution in [0.2, 0.25) is 5.02 Å². The van der Waals surface area contributed by atoms with Crippen molar-refractivity contribution in [3.63, 3.8) is 0 Å². The summed E-state index contributed by atoms with van der Waals surface area (Å²) in [6.45, 7) is 0.826. The van der Waals surface area contributed by atoms with Crippen LogP contribution in [0.3, 0.4) is 0 Å². The Morgan fingerprint density at radius 1 is 1.40 bits per heavy atom. The molecule has 0 radical (unpaired) electrons. The lowest BCUT2D eigenvalue weighted by molar-refractivity contribution is -0.0832. The molecule has 0 amide bonds. The van der Waals surface area contributed by atoms with Gasteiger partial charge in [0.05, 0.1) is 22.7 Å². The van der Waals surface area contributed by atoms with E-state index in [0.717, 1.165) is 42.7 Å². The van der Waals surface area contributed by atoms with Gasteiger partial charge >= 0.3 is 0 Å². The standard InChI is InChI=1S/C15H18Cl2N2O/c1-20-15(7-3-8-15)10-19-12-5-2-4-11(17)14(12)18-13(19)6-9-16/h2,4-5H,3,6-10H2,1H3. The fourth-order valence-electron chi connectivity index (χ4n) is 2.90. The molecule has 2 aromatic rings. The molecule has 0 N–H and O–H groups in total. The Kier molecular flexibility index (Phi) is 3.93. The van der Waals surface area contributed by atoms with Gasteiger partial charge in [0, 0.05) is 19.4 Å². The average Bonchev–Trinajstić information content (AvgIpc) is 2.74. The second-order valence-electron chi connectivity index (χ2n) is 5.40. The number of aromatic nitrogens is 2. The maximum Gasteiger partial charge on any atom is 0.111 e. The van der Waals surface area contributed by atoms with Crippen molar-refractivity contribution in [2.45, 2.75) is 37.8 Å². The number of methoxy groups -OCH3 is 1. The number of halogens is 2. The first-order valence-electron chi connectivity index (χ1n) is 6.94. The number of fused-ring (bicyclic) bond motifs is 1. The minimum atomic E-state index is -0.0446. The van der Waals surface area contributed by atoms with Crippen LogP contribution in [0.4, 0.5) is 0 Å². The topological polar surface area (TPSA) is 27.1 Å². The molecule has 0 spiro atoms. The first-order valence-corrected chi connectivity index (χ1v) is 7.85. The summed E-state index contributed by atoms with van der Waals surface area (Å²) in [5.74, 6) is 1.55. The smallest absolute Gasteiger partial charge is 0.111 e. The predicted octanol–water partition coefficient (Wildman–Crippen LogP) is 4.04. The van der Waals surface area contributed by atoms with E-state index in [4.69, 9.17) is 27.9 Å². The molecule has 0 unspecified atom stereocenters. The molecule has 1 aliphatic carbocycles. The molecule has 1 aromatic carbocycles. The Morgan fingerprint density at radius 2 is 2.20 bits per heavy atom. The van der Waals surface area contributed by atoms with Crippen LogP contribution in [0.1, 0.15) is 25.1 Å². The van der Waals surface area contributed by atoms with Gasteiger partial charge in [-0.05, 0) is 31.4 Å². The van der Waals surface area contributed by atoms with Crippen LogP contribution in [0.25, 0.3) is 11.0 Å². The summed E-state index contributed by atoms with van der Waals surface area (Å²) in [4.78, 5) is 4.67. The summed E-state index contributed by atoms with van der Waals surface area (Å²) in [5, 5.41) is 0.692. The van der Waals surface area contributed by atoms with Crippen LogP contribution < -0.4 is 0 Å². The van der Waals surface area contributed by atoms with Crippen molar-refractivity contribution in [3.8, 4) is 0 Å². The molecule has 1 aromatic heterocycles. The number of imidazole rings is 1. The van der Waals surface area contributed by atoms with E-state index < -0.39 is 0 Å². The fraction of sp³-hybridized carbons (Fsp3) is 0.533. The van der Waals surface area contributed by atoms with Crippen LogP contribution in [0, 0.1) is 0 Å². The number of para-hydroxylation sites is 1. The minimum Gasteiger partial charge on any atom is -0.376 e. The van der Waals surface area contributed by atoms with Crippen molar-refractivity contribution in [2.24, 2.45) is 0 Å². The quantitative estimate of drug-likeness (QED) is 0.779. The second-order valence-corrected chi connectivity index (χ2v) is 6.19. The van der Waals surface area contributed by atoms with Crippen molar-refractivity contribution in [2.75, 3.05) is 13.0 Å². The zero-order valence-electron chi connectivity index (χ0n) is 11.5. The van der Waals surface area contributed by atoms with Crippen LogP contribution >= 0.6 is 23.2 Å². The second kappa shape index (κ2) is 5.55. The van der Waals surface area contributed by atoms with E-state index in [2.05, 4.69) is 15.6 Å². The van der Waals surface area contributed by atoms with Gasteiger partial charge in [0.1, 0.15) is 11.3 Å². The summed E-state index contributed by atoms with van der Waals surface area (Å²) in [6.07, 6.45) is 4.17. The number of rotatable bonds is 5. The first-order chi connectivity index (χ1) is 9.69. The molecule has 3 nitrogen and oxygen atoms in total. The predicted molar refractivity (Wildman–Crippen MR) is 82.8 cm³/mol. The molecule has 0 aliphatic heterocycles. The lowest BCUT2D eigenvalue weighted by Crippen LogP contribution is -2.43. The summed E-state index contributed by atoms with van der Waals surface area (Å²) in [7, 11) is 1.80. The molecule has 0 atom stereocenters. The Balaban J connectivity index is 2.07. The van der Waals surface area contributed by atoms with E-state index in [1.807, 2.05) is 12.1 Å². The summed E-state index contributed by atoms with van der Waals surface area (Å²) >= 11 is 12.2. The van der Waals surface area contributed by atoms with Crippen molar-refractivity contribution < 1.29 is 4.74 Å². The molecule has 20 heavy (non-hydrogen) atoms. The number of nitrogens with zero attached hydrogens (tertiary/aromatic N) is 2. The van der Waals surface area contributed by atoms with Gasteiger partial charge in [-0.15, -0.1) is 11.6 Å². The Morgan fingerprint density at radius 3 is 2.80 bits per heavy atom. The van der Waals surface area contributed by atoms with Gasteiger partial charge in [0.15, 0.2) is 0 Å². The van der Waals surface area contributed by atoms with Gasteiger partial charge in [-0.2, -0.15) is 0 Å². The van der Waals surface area contributed by atoms with E-state index in [1.165, 1.54) is 6.42 Å². The number of hydrogen-bond acceptors (Lipinski definition) is 2. The van der Waals surface area contributed by atoms with E-state index in [-0.39, 0.29) is 5.60 Å². The van der Waals surface area contributed by atoms with Gasteiger partial charge < -0.3 is 9.30 Å². The minimum absolute atomic E-state index is 0.0446. The highest BCUT2D eigenvalue weighted by atomic mass is 35.5. The number of ether oxygens (including phenoxy) is 1. The summed E-state index contributed by atoms with van der Waals surface area (Å²) in [6, 6.07) is 5.91. The third-order valence-electron chi connectivity index (χ3n) is 4.27. The molecule has 1 heterocycles. The van der Waals surface area contributed by atoms with Gasteiger partial charge in [-0.1, -0.05) is 17.7 Å². The Labute approximate surface area is 128 Å². The van der Waals surface area contributed by atoms with Gasteiger partial charge in [-0.3, -0.25) is 0 Å². The fourth-order valence-corrected chi connectivity index (χ4v) is 3.28. The van der Waals surface area contributed by atoms with Crippen molar-refractivity contribution in [1.29, 1.82) is 0 Å². The zero-order chi connectivity index (χ0) is 14.2. The van der Waals surface area contributed by atoms with Crippen LogP contribution in [0.5, 0.6) is 0 Å². The monoisotopic (exact) mass is 312 g/mol. The Bertz CT molecular complexity index is 614. The lowest BCUT2D eigenvalue weighted by Gasteiger charge is -2.41. The maximum absolute atomic E-state index is 6.26. The molecule has 3 rings (SSSR count). The molecule has 108 valence electrons. The molecule has 0 saturated heterocycles. The van der Waals surface area contributed by atoms with E-state index in [1.54, 1.807) is 7.11 Å². The normalized spacial score (nSPS) is 17.4. The molecule has 1 aliphatic rings. The van der Waals surface area contributed by atoms with Crippen LogP contribution in [-0.2, 0) is 17.7 Å². The van der Waals surface area contributed by atoms with Gasteiger partial charge in [-0.25, -0.2) is 4.98 Å². The maximum atomic E-state index is 6.26. The highest BCUT2D eigenvalue weighted by Gasteiger charge is 2.38. The van der Waals surface area contributed by atoms with E-state index in [0.29, 0.717) is 10.9 Å². The largest absolute Gasteiger partial charge is 0.376 e. The summed E-state index contributed by atoms with van der Waals surface area (Å²) < 4.78 is 7.97. The highest BCUT2D eigenvalue weighted by Crippen LogP contribution is 2.38. The van der Waals surface area contributed by atoms with Crippen molar-refractivity contribution >= 4 is 34.2 Å². The molecule has 5 heteroatoms. The van der Waals surface area contributed by atoms with Gasteiger partial charge in [0.2, 0.25) is 0 Å². The number of aryl methyl sites for hydroxylation is 1. The molecular formula is C15H18Cl2N2O. The van der Waals surface area contributed by atoms with E-state index in [9.17, 15) is 0 Å².